The van der Waals surface area contributed by atoms with E-state index in [2.05, 4.69) is 24.3 Å². The second-order valence-electron chi connectivity index (χ2n) is 3.49. The van der Waals surface area contributed by atoms with Crippen LogP contribution >= 0.6 is 9.12 Å². The van der Waals surface area contributed by atoms with Gasteiger partial charge in [0.25, 0.3) is 0 Å². The molecule has 3 rings (SSSR count). The van der Waals surface area contributed by atoms with Gasteiger partial charge in [-0.3, -0.25) is 4.57 Å². The Bertz CT molecular complexity index is 409. The third-order valence-electron chi connectivity index (χ3n) is 2.55. The summed E-state index contributed by atoms with van der Waals surface area (Å²) in [6, 6.07) is 16.4. The molecule has 2 aromatic carbocycles. The zero-order valence-electron chi connectivity index (χ0n) is 8.64. The van der Waals surface area contributed by atoms with Crippen LogP contribution in [0.5, 0.6) is 11.5 Å². The molecule has 3 heteroatoms. The van der Waals surface area contributed by atoms with Crippen LogP contribution in [0.2, 0.25) is 0 Å². The van der Waals surface area contributed by atoms with Crippen molar-refractivity contribution < 1.29 is 9.30 Å². The van der Waals surface area contributed by atoms with E-state index < -0.39 is 0 Å². The molecular formula is C13H11O2P. The zero-order valence-corrected chi connectivity index (χ0v) is 9.64. The molecule has 0 radical (unpaired) electrons. The van der Waals surface area contributed by atoms with E-state index in [0.717, 1.165) is 17.9 Å². The Balaban J connectivity index is 0.000000457. The molecule has 0 aromatic heterocycles. The Morgan fingerprint density at radius 3 is 1.75 bits per heavy atom. The van der Waals surface area contributed by atoms with E-state index >= 15 is 0 Å². The molecule has 0 N–H and O–H groups in total. The average Bonchev–Trinajstić information content (AvgIpc) is 2.38. The fraction of sp³-hybridized carbons (Fsp3) is 0.0769. The van der Waals surface area contributed by atoms with Crippen LogP contribution in [-0.2, 0) is 11.0 Å². The minimum Gasteiger partial charge on any atom is -0.457 e. The monoisotopic (exact) mass is 230 g/mol. The van der Waals surface area contributed by atoms with Gasteiger partial charge in [-0.1, -0.05) is 36.4 Å². The molecular weight excluding hydrogens is 219 g/mol. The highest BCUT2D eigenvalue weighted by molar-refractivity contribution is 7.00. The topological polar surface area (TPSA) is 26.3 Å². The molecule has 0 fully saturated rings. The minimum atomic E-state index is 0.979. The molecule has 1 heterocycles. The molecule has 0 saturated carbocycles. The summed E-state index contributed by atoms with van der Waals surface area (Å²) in [5.74, 6) is 1.98. The molecule has 0 atom stereocenters. The first-order valence-corrected chi connectivity index (χ1v) is 5.38. The van der Waals surface area contributed by atoms with Crippen LogP contribution in [0.15, 0.2) is 48.5 Å². The van der Waals surface area contributed by atoms with E-state index in [0.29, 0.717) is 0 Å². The lowest BCUT2D eigenvalue weighted by Gasteiger charge is -2.19. The standard InChI is InChI=1S/C13H10O.HOP/c1-3-7-12-10(5-1)9-11-6-2-4-8-13(11)14-12;1-2/h1-8H,9H2;2H. The van der Waals surface area contributed by atoms with Gasteiger partial charge in [-0.2, -0.15) is 0 Å². The van der Waals surface area contributed by atoms with E-state index in [9.17, 15) is 0 Å². The molecule has 0 aliphatic carbocycles. The molecule has 1 aliphatic heterocycles. The fourth-order valence-electron chi connectivity index (χ4n) is 1.82. The summed E-state index contributed by atoms with van der Waals surface area (Å²) >= 11 is 0. The zero-order chi connectivity index (χ0) is 11.4. The second-order valence-corrected chi connectivity index (χ2v) is 3.49. The SMILES string of the molecule is O=P.c1ccc2c(c1)Cc1ccccc1O2. The van der Waals surface area contributed by atoms with Crippen molar-refractivity contribution in [3.63, 3.8) is 0 Å². The number of ether oxygens (including phenoxy) is 1. The average molecular weight is 230 g/mol. The van der Waals surface area contributed by atoms with Gasteiger partial charge in [0.2, 0.25) is 0 Å². The quantitative estimate of drug-likeness (QED) is 0.548. The van der Waals surface area contributed by atoms with Crippen molar-refractivity contribution >= 4 is 9.12 Å². The van der Waals surface area contributed by atoms with Gasteiger partial charge in [-0.25, -0.2) is 0 Å². The highest BCUT2D eigenvalue weighted by Crippen LogP contribution is 2.35. The van der Waals surface area contributed by atoms with Crippen LogP contribution in [0.1, 0.15) is 11.1 Å². The molecule has 2 aromatic rings. The number of hydrogen-bond donors (Lipinski definition) is 0. The fourth-order valence-corrected chi connectivity index (χ4v) is 1.82. The number of para-hydroxylation sites is 2. The van der Waals surface area contributed by atoms with Crippen molar-refractivity contribution in [1.82, 2.24) is 0 Å². The summed E-state index contributed by atoms with van der Waals surface area (Å²) in [7, 11) is 1.72. The van der Waals surface area contributed by atoms with Crippen molar-refractivity contribution in [3.05, 3.63) is 59.7 Å². The van der Waals surface area contributed by atoms with Crippen LogP contribution < -0.4 is 4.74 Å². The maximum Gasteiger partial charge on any atom is 0.138 e. The molecule has 0 unspecified atom stereocenters. The summed E-state index contributed by atoms with van der Waals surface area (Å²) in [6.07, 6.45) is 0.979. The highest BCUT2D eigenvalue weighted by Gasteiger charge is 2.14. The maximum absolute atomic E-state index is 8.06. The van der Waals surface area contributed by atoms with Gasteiger partial charge < -0.3 is 4.74 Å². The third kappa shape index (κ3) is 1.98. The van der Waals surface area contributed by atoms with Crippen LogP contribution in [0, 0.1) is 0 Å². The van der Waals surface area contributed by atoms with E-state index in [-0.39, 0.29) is 0 Å². The normalized spacial score (nSPS) is 11.2. The number of rotatable bonds is 0. The van der Waals surface area contributed by atoms with Gasteiger partial charge in [-0.15, -0.1) is 0 Å². The first-order valence-electron chi connectivity index (χ1n) is 4.97. The number of fused-ring (bicyclic) bond motifs is 2. The van der Waals surface area contributed by atoms with Crippen molar-refractivity contribution in [2.75, 3.05) is 0 Å². The van der Waals surface area contributed by atoms with Crippen molar-refractivity contribution in [1.29, 1.82) is 0 Å². The maximum atomic E-state index is 8.06. The predicted octanol–water partition coefficient (Wildman–Crippen LogP) is 3.86. The van der Waals surface area contributed by atoms with Crippen LogP contribution in [-0.4, -0.2) is 0 Å². The Morgan fingerprint density at radius 2 is 1.25 bits per heavy atom. The first-order chi connectivity index (χ1) is 7.93. The van der Waals surface area contributed by atoms with Gasteiger partial charge >= 0.3 is 0 Å². The van der Waals surface area contributed by atoms with Gasteiger partial charge in [-0.05, 0) is 23.3 Å². The molecule has 0 spiro atoms. The van der Waals surface area contributed by atoms with Crippen LogP contribution in [0.4, 0.5) is 0 Å². The Morgan fingerprint density at radius 1 is 0.812 bits per heavy atom. The molecule has 1 aliphatic rings. The molecule has 80 valence electrons. The molecule has 16 heavy (non-hydrogen) atoms. The number of hydrogen-bond acceptors (Lipinski definition) is 2. The lowest BCUT2D eigenvalue weighted by atomic mass is 10.0. The largest absolute Gasteiger partial charge is 0.457 e. The summed E-state index contributed by atoms with van der Waals surface area (Å²) in [6.45, 7) is 0. The van der Waals surface area contributed by atoms with Gasteiger partial charge in [0, 0.05) is 6.42 Å². The molecule has 2 nitrogen and oxygen atoms in total. The minimum absolute atomic E-state index is 0.979. The molecule has 0 bridgehead atoms. The highest BCUT2D eigenvalue weighted by atomic mass is 31.0. The Labute approximate surface area is 96.5 Å². The van der Waals surface area contributed by atoms with Gasteiger partial charge in [0.05, 0.1) is 0 Å². The van der Waals surface area contributed by atoms with E-state index in [4.69, 9.17) is 9.30 Å². The Kier molecular flexibility index (Phi) is 3.33. The second kappa shape index (κ2) is 4.91. The van der Waals surface area contributed by atoms with E-state index in [1.165, 1.54) is 11.1 Å². The van der Waals surface area contributed by atoms with Crippen molar-refractivity contribution in [3.8, 4) is 11.5 Å². The van der Waals surface area contributed by atoms with Crippen molar-refractivity contribution in [2.24, 2.45) is 0 Å². The number of benzene rings is 2. The summed E-state index contributed by atoms with van der Waals surface area (Å²) in [5.41, 5.74) is 2.54. The summed E-state index contributed by atoms with van der Waals surface area (Å²) in [4.78, 5) is 0. The third-order valence-corrected chi connectivity index (χ3v) is 2.55. The molecule has 0 saturated heterocycles. The van der Waals surface area contributed by atoms with Crippen LogP contribution in [0.3, 0.4) is 0 Å². The first kappa shape index (κ1) is 10.8. The van der Waals surface area contributed by atoms with E-state index in [1.807, 2.05) is 24.3 Å². The van der Waals surface area contributed by atoms with Gasteiger partial charge in [0.15, 0.2) is 0 Å². The smallest absolute Gasteiger partial charge is 0.138 e. The predicted molar refractivity (Wildman–Crippen MR) is 64.8 cm³/mol. The Hall–Kier alpha value is -1.66. The lowest BCUT2D eigenvalue weighted by Crippen LogP contribution is -2.01. The van der Waals surface area contributed by atoms with Gasteiger partial charge in [0.1, 0.15) is 20.6 Å². The summed E-state index contributed by atoms with van der Waals surface area (Å²) < 4.78 is 13.8. The van der Waals surface area contributed by atoms with Crippen molar-refractivity contribution in [2.45, 2.75) is 6.42 Å². The van der Waals surface area contributed by atoms with Crippen LogP contribution in [0.25, 0.3) is 0 Å². The molecule has 0 amide bonds. The lowest BCUT2D eigenvalue weighted by molar-refractivity contribution is 0.460. The van der Waals surface area contributed by atoms with E-state index in [1.54, 1.807) is 9.12 Å². The summed E-state index contributed by atoms with van der Waals surface area (Å²) in [5, 5.41) is 0.